The molecule has 0 saturated heterocycles. The molecule has 0 aliphatic carbocycles. The van der Waals surface area contributed by atoms with E-state index in [1.807, 2.05) is 6.92 Å². The van der Waals surface area contributed by atoms with Crippen molar-refractivity contribution in [1.29, 1.82) is 0 Å². The molecule has 0 fully saturated rings. The number of hydrogen-bond donors (Lipinski definition) is 1. The van der Waals surface area contributed by atoms with E-state index < -0.39 is 11.6 Å². The fraction of sp³-hybridized carbons (Fsp3) is 0.385. The number of rotatable bonds is 5. The van der Waals surface area contributed by atoms with Crippen LogP contribution in [-0.2, 0) is 6.42 Å². The Kier molecular flexibility index (Phi) is 4.21. The first kappa shape index (κ1) is 13.6. The summed E-state index contributed by atoms with van der Waals surface area (Å²) in [5, 5.41) is 3.73. The lowest BCUT2D eigenvalue weighted by molar-refractivity contribution is 0.350. The van der Waals surface area contributed by atoms with Gasteiger partial charge in [0, 0.05) is 18.1 Å². The van der Waals surface area contributed by atoms with E-state index in [0.29, 0.717) is 18.9 Å². The smallest absolute Gasteiger partial charge is 0.227 e. The minimum Gasteiger partial charge on any atom is -0.339 e. The van der Waals surface area contributed by atoms with Crippen LogP contribution in [0.2, 0.25) is 0 Å². The lowest BCUT2D eigenvalue weighted by Crippen LogP contribution is -2.15. The van der Waals surface area contributed by atoms with Gasteiger partial charge >= 0.3 is 0 Å². The maximum absolute atomic E-state index is 13.1. The van der Waals surface area contributed by atoms with Crippen LogP contribution in [-0.4, -0.2) is 16.7 Å². The van der Waals surface area contributed by atoms with Crippen molar-refractivity contribution < 1.29 is 13.3 Å². The summed E-state index contributed by atoms with van der Waals surface area (Å²) in [4.78, 5) is 4.13. The Labute approximate surface area is 109 Å². The van der Waals surface area contributed by atoms with Gasteiger partial charge in [0.05, 0.1) is 0 Å². The molecule has 0 bridgehead atoms. The van der Waals surface area contributed by atoms with E-state index in [0.717, 1.165) is 24.6 Å². The molecule has 0 radical (unpaired) electrons. The lowest BCUT2D eigenvalue weighted by atomic mass is 10.0. The topological polar surface area (TPSA) is 64.9 Å². The Morgan fingerprint density at radius 3 is 2.53 bits per heavy atom. The third kappa shape index (κ3) is 3.35. The van der Waals surface area contributed by atoms with Crippen molar-refractivity contribution in [3.8, 4) is 11.4 Å². The second kappa shape index (κ2) is 5.88. The molecule has 6 heteroatoms. The fourth-order valence-corrected chi connectivity index (χ4v) is 1.78. The number of aromatic nitrogens is 2. The first-order valence-electron chi connectivity index (χ1n) is 6.11. The molecule has 2 rings (SSSR count). The normalized spacial score (nSPS) is 12.6. The third-order valence-corrected chi connectivity index (χ3v) is 2.96. The highest BCUT2D eigenvalue weighted by atomic mass is 19.1. The maximum Gasteiger partial charge on any atom is 0.227 e. The van der Waals surface area contributed by atoms with Gasteiger partial charge in [0.15, 0.2) is 0 Å². The van der Waals surface area contributed by atoms with E-state index in [9.17, 15) is 8.78 Å². The van der Waals surface area contributed by atoms with Crippen LogP contribution in [0, 0.1) is 17.6 Å². The van der Waals surface area contributed by atoms with E-state index in [4.69, 9.17) is 10.3 Å². The van der Waals surface area contributed by atoms with Crippen molar-refractivity contribution in [3.63, 3.8) is 0 Å². The molecule has 2 aromatic rings. The molecule has 1 aromatic carbocycles. The van der Waals surface area contributed by atoms with Gasteiger partial charge < -0.3 is 10.3 Å². The number of nitrogens with zero attached hydrogens (tertiary/aromatic N) is 2. The summed E-state index contributed by atoms with van der Waals surface area (Å²) in [6.07, 6.45) is 1.47. The van der Waals surface area contributed by atoms with Crippen LogP contribution in [0.5, 0.6) is 0 Å². The number of hydrogen-bond acceptors (Lipinski definition) is 4. The Hall–Kier alpha value is -1.82. The minimum absolute atomic E-state index is 0.181. The Balaban J connectivity index is 2.20. The number of benzene rings is 1. The number of nitrogens with two attached hydrogens (primary N) is 1. The van der Waals surface area contributed by atoms with E-state index >= 15 is 0 Å². The van der Waals surface area contributed by atoms with Crippen molar-refractivity contribution >= 4 is 0 Å². The van der Waals surface area contributed by atoms with Crippen molar-refractivity contribution in [3.05, 3.63) is 35.7 Å². The molecule has 2 N–H and O–H groups in total. The first-order chi connectivity index (χ1) is 9.12. The van der Waals surface area contributed by atoms with E-state index in [1.54, 1.807) is 0 Å². The van der Waals surface area contributed by atoms with E-state index in [-0.39, 0.29) is 17.3 Å². The fourth-order valence-electron chi connectivity index (χ4n) is 1.78. The second-order valence-electron chi connectivity index (χ2n) is 4.38. The molecular formula is C13H15F2N3O. The highest BCUT2D eigenvalue weighted by Crippen LogP contribution is 2.20. The standard InChI is InChI=1S/C13H15F2N3O/c1-2-8(7-16)3-12-17-13(18-19-12)9-4-10(14)6-11(15)5-9/h4-6,8H,2-3,7,16H2,1H3. The zero-order chi connectivity index (χ0) is 13.8. The summed E-state index contributed by atoms with van der Waals surface area (Å²) >= 11 is 0. The van der Waals surface area contributed by atoms with Crippen LogP contribution in [0.3, 0.4) is 0 Å². The van der Waals surface area contributed by atoms with E-state index in [2.05, 4.69) is 10.1 Å². The highest BCUT2D eigenvalue weighted by molar-refractivity contribution is 5.54. The third-order valence-electron chi connectivity index (χ3n) is 2.96. The average Bonchev–Trinajstić information content (AvgIpc) is 2.83. The van der Waals surface area contributed by atoms with Gasteiger partial charge in [0.2, 0.25) is 11.7 Å². The molecule has 1 aromatic heterocycles. The molecule has 1 unspecified atom stereocenters. The van der Waals surface area contributed by atoms with Gasteiger partial charge in [-0.05, 0) is 24.6 Å². The molecule has 1 heterocycles. The zero-order valence-electron chi connectivity index (χ0n) is 10.6. The van der Waals surface area contributed by atoms with Crippen molar-refractivity contribution in [1.82, 2.24) is 10.1 Å². The monoisotopic (exact) mass is 267 g/mol. The summed E-state index contributed by atoms with van der Waals surface area (Å²) in [5.41, 5.74) is 5.86. The Morgan fingerprint density at radius 1 is 1.26 bits per heavy atom. The summed E-state index contributed by atoms with van der Waals surface area (Å²) in [5.74, 6) is -0.473. The van der Waals surface area contributed by atoms with Crippen molar-refractivity contribution in [2.45, 2.75) is 19.8 Å². The minimum atomic E-state index is -0.672. The molecule has 102 valence electrons. The SMILES string of the molecule is CCC(CN)Cc1nc(-c2cc(F)cc(F)c2)no1. The summed E-state index contributed by atoms with van der Waals surface area (Å²) in [6, 6.07) is 3.13. The quantitative estimate of drug-likeness (QED) is 0.904. The first-order valence-corrected chi connectivity index (χ1v) is 6.11. The predicted octanol–water partition coefficient (Wildman–Crippen LogP) is 2.54. The van der Waals surface area contributed by atoms with Crippen LogP contribution in [0.1, 0.15) is 19.2 Å². The van der Waals surface area contributed by atoms with Gasteiger partial charge in [-0.2, -0.15) is 4.98 Å². The molecule has 0 aliphatic rings. The Morgan fingerprint density at radius 2 is 1.95 bits per heavy atom. The van der Waals surface area contributed by atoms with Crippen LogP contribution < -0.4 is 5.73 Å². The molecule has 0 spiro atoms. The van der Waals surface area contributed by atoms with Crippen LogP contribution >= 0.6 is 0 Å². The van der Waals surface area contributed by atoms with Gasteiger partial charge in [-0.25, -0.2) is 8.78 Å². The summed E-state index contributed by atoms with van der Waals surface area (Å²) in [6.45, 7) is 2.56. The zero-order valence-corrected chi connectivity index (χ0v) is 10.6. The maximum atomic E-state index is 13.1. The second-order valence-corrected chi connectivity index (χ2v) is 4.38. The largest absolute Gasteiger partial charge is 0.339 e. The predicted molar refractivity (Wildman–Crippen MR) is 66.2 cm³/mol. The summed E-state index contributed by atoms with van der Waals surface area (Å²) in [7, 11) is 0. The molecule has 19 heavy (non-hydrogen) atoms. The number of halogens is 2. The van der Waals surface area contributed by atoms with E-state index in [1.165, 1.54) is 0 Å². The molecule has 0 saturated carbocycles. The van der Waals surface area contributed by atoms with Crippen molar-refractivity contribution in [2.24, 2.45) is 11.7 Å². The molecule has 0 aliphatic heterocycles. The molecule has 4 nitrogen and oxygen atoms in total. The van der Waals surface area contributed by atoms with Crippen LogP contribution in [0.25, 0.3) is 11.4 Å². The van der Waals surface area contributed by atoms with Gasteiger partial charge in [-0.15, -0.1) is 0 Å². The van der Waals surface area contributed by atoms with Crippen LogP contribution in [0.4, 0.5) is 8.78 Å². The molecular weight excluding hydrogens is 252 g/mol. The summed E-state index contributed by atoms with van der Waals surface area (Å²) < 4.78 is 31.3. The molecule has 0 amide bonds. The lowest BCUT2D eigenvalue weighted by Gasteiger charge is -2.07. The average molecular weight is 267 g/mol. The van der Waals surface area contributed by atoms with Gasteiger partial charge in [-0.1, -0.05) is 18.5 Å². The Bertz CT molecular complexity index is 532. The highest BCUT2D eigenvalue weighted by Gasteiger charge is 2.14. The van der Waals surface area contributed by atoms with Gasteiger partial charge in [0.25, 0.3) is 0 Å². The van der Waals surface area contributed by atoms with Crippen LogP contribution in [0.15, 0.2) is 22.7 Å². The van der Waals surface area contributed by atoms with Gasteiger partial charge in [-0.3, -0.25) is 0 Å². The van der Waals surface area contributed by atoms with Crippen molar-refractivity contribution in [2.75, 3.05) is 6.54 Å². The molecule has 1 atom stereocenters. The van der Waals surface area contributed by atoms with Gasteiger partial charge in [0.1, 0.15) is 11.6 Å².